The molecule has 4 rings (SSSR count). The topological polar surface area (TPSA) is 108 Å². The number of carbonyl (C=O) groups is 2. The molecule has 0 saturated carbocycles. The van der Waals surface area contributed by atoms with Gasteiger partial charge in [0, 0.05) is 7.05 Å². The molecule has 4 aromatic rings. The predicted octanol–water partition coefficient (Wildman–Crippen LogP) is 2.22. The molecule has 2 aromatic heterocycles. The Morgan fingerprint density at radius 1 is 1.03 bits per heavy atom. The highest BCUT2D eigenvalue weighted by molar-refractivity contribution is 5.95. The van der Waals surface area contributed by atoms with Gasteiger partial charge in [-0.3, -0.25) is 19.3 Å². The second-order valence-electron chi connectivity index (χ2n) is 6.80. The molecular weight excluding hydrogens is 398 g/mol. The number of benzene rings is 2. The van der Waals surface area contributed by atoms with Crippen molar-refractivity contribution in [2.24, 2.45) is 7.05 Å². The summed E-state index contributed by atoms with van der Waals surface area (Å²) in [7, 11) is 1.72. The summed E-state index contributed by atoms with van der Waals surface area (Å²) in [5, 5.41) is 2.54. The fraction of sp³-hybridized carbons (Fsp3) is 0.136. The van der Waals surface area contributed by atoms with Gasteiger partial charge in [-0.25, -0.2) is 14.5 Å². The van der Waals surface area contributed by atoms with Gasteiger partial charge in [-0.1, -0.05) is 30.3 Å². The maximum absolute atomic E-state index is 12.8. The monoisotopic (exact) mass is 417 g/mol. The normalized spacial score (nSPS) is 10.8. The average molecular weight is 417 g/mol. The summed E-state index contributed by atoms with van der Waals surface area (Å²) >= 11 is 0. The molecule has 0 aliphatic carbocycles. The smallest absolute Gasteiger partial charge is 0.359 e. The molecule has 0 fully saturated rings. The molecule has 1 amide bonds. The lowest BCUT2D eigenvalue weighted by atomic mass is 10.3. The van der Waals surface area contributed by atoms with Crippen molar-refractivity contribution in [3.05, 3.63) is 82.5 Å². The van der Waals surface area contributed by atoms with Crippen LogP contribution in [0.15, 0.2) is 65.6 Å². The molecular formula is C22H19N5O4. The number of anilines is 1. The quantitative estimate of drug-likeness (QED) is 0.499. The zero-order valence-corrected chi connectivity index (χ0v) is 16.9. The molecule has 31 heavy (non-hydrogen) atoms. The number of nitrogens with zero attached hydrogens (tertiary/aromatic N) is 4. The number of rotatable bonds is 5. The molecule has 1 N–H and O–H groups in total. The molecule has 156 valence electrons. The SMILES string of the molecule is Cc1c(NC(=O)COC(=O)c2cnc3ccccc3n2)c(=O)n(-c2ccccc2)n1C. The van der Waals surface area contributed by atoms with Crippen LogP contribution in [0.2, 0.25) is 0 Å². The van der Waals surface area contributed by atoms with E-state index in [9.17, 15) is 14.4 Å². The summed E-state index contributed by atoms with van der Waals surface area (Å²) in [6.45, 7) is 1.15. The zero-order chi connectivity index (χ0) is 22.0. The Kier molecular flexibility index (Phi) is 5.31. The molecule has 0 saturated heterocycles. The first-order valence-electron chi connectivity index (χ1n) is 9.48. The number of hydrogen-bond acceptors (Lipinski definition) is 6. The van der Waals surface area contributed by atoms with Gasteiger partial charge in [0.15, 0.2) is 12.3 Å². The third-order valence-electron chi connectivity index (χ3n) is 4.81. The Morgan fingerprint density at radius 3 is 2.45 bits per heavy atom. The van der Waals surface area contributed by atoms with Crippen LogP contribution in [0.5, 0.6) is 0 Å². The summed E-state index contributed by atoms with van der Waals surface area (Å²) in [6, 6.07) is 16.2. The van der Waals surface area contributed by atoms with E-state index >= 15 is 0 Å². The number of fused-ring (bicyclic) bond motifs is 1. The number of hydrogen-bond donors (Lipinski definition) is 1. The van der Waals surface area contributed by atoms with E-state index in [1.165, 1.54) is 10.9 Å². The third kappa shape index (κ3) is 3.93. The van der Waals surface area contributed by atoms with Crippen LogP contribution in [0.4, 0.5) is 5.69 Å². The summed E-state index contributed by atoms with van der Waals surface area (Å²) in [5.41, 5.74) is 2.15. The third-order valence-corrected chi connectivity index (χ3v) is 4.81. The highest BCUT2D eigenvalue weighted by Crippen LogP contribution is 2.14. The number of amides is 1. The Bertz CT molecular complexity index is 1340. The first-order valence-corrected chi connectivity index (χ1v) is 9.48. The molecule has 0 spiro atoms. The number of esters is 1. The van der Waals surface area contributed by atoms with Crippen molar-refractivity contribution in [2.75, 3.05) is 11.9 Å². The van der Waals surface area contributed by atoms with Gasteiger partial charge in [0.25, 0.3) is 11.5 Å². The van der Waals surface area contributed by atoms with Gasteiger partial charge in [-0.2, -0.15) is 0 Å². The van der Waals surface area contributed by atoms with E-state index in [1.54, 1.807) is 49.0 Å². The minimum absolute atomic E-state index is 0.00572. The predicted molar refractivity (Wildman–Crippen MR) is 114 cm³/mol. The maximum atomic E-state index is 12.8. The van der Waals surface area contributed by atoms with Gasteiger partial charge >= 0.3 is 5.97 Å². The molecule has 0 radical (unpaired) electrons. The molecule has 2 aromatic carbocycles. The van der Waals surface area contributed by atoms with Crippen LogP contribution in [-0.4, -0.2) is 37.8 Å². The van der Waals surface area contributed by atoms with Crippen molar-refractivity contribution in [3.8, 4) is 5.69 Å². The number of ether oxygens (including phenoxy) is 1. The van der Waals surface area contributed by atoms with Crippen molar-refractivity contribution < 1.29 is 14.3 Å². The van der Waals surface area contributed by atoms with Crippen molar-refractivity contribution in [3.63, 3.8) is 0 Å². The molecule has 0 aliphatic rings. The Morgan fingerprint density at radius 2 is 1.71 bits per heavy atom. The van der Waals surface area contributed by atoms with Crippen molar-refractivity contribution in [1.29, 1.82) is 0 Å². The van der Waals surface area contributed by atoms with Gasteiger partial charge in [-0.15, -0.1) is 0 Å². The molecule has 9 heteroatoms. The van der Waals surface area contributed by atoms with Gasteiger partial charge in [0.05, 0.1) is 28.6 Å². The number of nitrogens with one attached hydrogen (secondary N) is 1. The van der Waals surface area contributed by atoms with Crippen LogP contribution in [0, 0.1) is 6.92 Å². The van der Waals surface area contributed by atoms with E-state index in [1.807, 2.05) is 24.3 Å². The van der Waals surface area contributed by atoms with Gasteiger partial charge < -0.3 is 10.1 Å². The van der Waals surface area contributed by atoms with Crippen LogP contribution in [0.1, 0.15) is 16.2 Å². The lowest BCUT2D eigenvalue weighted by molar-refractivity contribution is -0.119. The summed E-state index contributed by atoms with van der Waals surface area (Å²) in [4.78, 5) is 45.8. The second kappa shape index (κ2) is 8.23. The highest BCUT2D eigenvalue weighted by atomic mass is 16.5. The lowest BCUT2D eigenvalue weighted by Gasteiger charge is -2.07. The van der Waals surface area contributed by atoms with Crippen molar-refractivity contribution >= 4 is 28.6 Å². The molecule has 2 heterocycles. The van der Waals surface area contributed by atoms with E-state index in [0.717, 1.165) is 0 Å². The summed E-state index contributed by atoms with van der Waals surface area (Å²) in [6.07, 6.45) is 1.29. The van der Waals surface area contributed by atoms with Crippen molar-refractivity contribution in [1.82, 2.24) is 19.3 Å². The first kappa shape index (κ1) is 20.0. The van der Waals surface area contributed by atoms with Gasteiger partial charge in [0.1, 0.15) is 5.69 Å². The van der Waals surface area contributed by atoms with Crippen LogP contribution >= 0.6 is 0 Å². The van der Waals surface area contributed by atoms with Crippen LogP contribution < -0.4 is 10.9 Å². The Labute approximate surface area is 176 Å². The Balaban J connectivity index is 1.46. The van der Waals surface area contributed by atoms with Gasteiger partial charge in [0.2, 0.25) is 0 Å². The average Bonchev–Trinajstić information content (AvgIpc) is 3.00. The van der Waals surface area contributed by atoms with Gasteiger partial charge in [-0.05, 0) is 31.2 Å². The van der Waals surface area contributed by atoms with Crippen molar-refractivity contribution in [2.45, 2.75) is 6.92 Å². The van der Waals surface area contributed by atoms with E-state index in [0.29, 0.717) is 22.4 Å². The van der Waals surface area contributed by atoms with E-state index in [-0.39, 0.29) is 16.9 Å². The fourth-order valence-electron chi connectivity index (χ4n) is 3.15. The molecule has 0 bridgehead atoms. The number of aromatic nitrogens is 4. The largest absolute Gasteiger partial charge is 0.451 e. The first-order chi connectivity index (χ1) is 15.0. The number of para-hydroxylation sites is 3. The summed E-state index contributed by atoms with van der Waals surface area (Å²) < 4.78 is 8.13. The Hall–Kier alpha value is -4.27. The lowest BCUT2D eigenvalue weighted by Crippen LogP contribution is -2.26. The maximum Gasteiger partial charge on any atom is 0.359 e. The van der Waals surface area contributed by atoms with E-state index in [2.05, 4.69) is 15.3 Å². The minimum atomic E-state index is -0.778. The summed E-state index contributed by atoms with van der Waals surface area (Å²) in [5.74, 6) is -1.41. The molecule has 9 nitrogen and oxygen atoms in total. The van der Waals surface area contributed by atoms with E-state index < -0.39 is 18.5 Å². The number of carbonyl (C=O) groups excluding carboxylic acids is 2. The second-order valence-corrected chi connectivity index (χ2v) is 6.80. The van der Waals surface area contributed by atoms with Crippen LogP contribution in [0.3, 0.4) is 0 Å². The molecule has 0 unspecified atom stereocenters. The highest BCUT2D eigenvalue weighted by Gasteiger charge is 2.19. The van der Waals surface area contributed by atoms with E-state index in [4.69, 9.17) is 4.74 Å². The van der Waals surface area contributed by atoms with Crippen LogP contribution in [0.25, 0.3) is 16.7 Å². The standard InChI is InChI=1S/C22H19N5O4/c1-14-20(21(29)27(26(14)2)15-8-4-3-5-9-15)25-19(28)13-31-22(30)18-12-23-16-10-6-7-11-17(16)24-18/h3-12H,13H2,1-2H3,(H,25,28). The fourth-order valence-corrected chi connectivity index (χ4v) is 3.15. The molecule has 0 atom stereocenters. The zero-order valence-electron chi connectivity index (χ0n) is 16.9. The van der Waals surface area contributed by atoms with Crippen LogP contribution in [-0.2, 0) is 16.6 Å². The molecule has 0 aliphatic heterocycles. The minimum Gasteiger partial charge on any atom is -0.451 e.